The largest absolute Gasteiger partial charge is 0.346 e. The van der Waals surface area contributed by atoms with E-state index >= 15 is 0 Å². The third kappa shape index (κ3) is 3.52. The van der Waals surface area contributed by atoms with E-state index in [0.717, 1.165) is 23.5 Å². The fourth-order valence-corrected chi connectivity index (χ4v) is 4.40. The average molecular weight is 402 g/mol. The summed E-state index contributed by atoms with van der Waals surface area (Å²) in [6, 6.07) is 17.4. The molecule has 0 fully saturated rings. The van der Waals surface area contributed by atoms with E-state index in [2.05, 4.69) is 29.8 Å². The van der Waals surface area contributed by atoms with Crippen molar-refractivity contribution >= 4 is 23.2 Å². The van der Waals surface area contributed by atoms with E-state index in [1.54, 1.807) is 24.3 Å². The van der Waals surface area contributed by atoms with Gasteiger partial charge in [0.2, 0.25) is 0 Å². The third-order valence-corrected chi connectivity index (χ3v) is 5.77. The van der Waals surface area contributed by atoms with Crippen LogP contribution in [0.4, 0.5) is 11.4 Å². The molecule has 0 saturated heterocycles. The number of rotatable bonds is 4. The molecule has 1 aromatic heterocycles. The number of aryl methyl sites for hydroxylation is 1. The van der Waals surface area contributed by atoms with Gasteiger partial charge in [0.1, 0.15) is 0 Å². The molecule has 0 atom stereocenters. The van der Waals surface area contributed by atoms with Crippen LogP contribution in [-0.2, 0) is 6.42 Å². The molecule has 0 radical (unpaired) electrons. The van der Waals surface area contributed by atoms with Crippen LogP contribution >= 0.6 is 0 Å². The highest BCUT2D eigenvalue weighted by molar-refractivity contribution is 6.08. The van der Waals surface area contributed by atoms with Crippen LogP contribution in [0.3, 0.4) is 0 Å². The van der Waals surface area contributed by atoms with Gasteiger partial charge in [-0.15, -0.1) is 0 Å². The number of carbonyl (C=O) groups excluding carboxylic acids is 2. The molecule has 2 aromatic carbocycles. The number of para-hydroxylation sites is 1. The molecule has 3 aromatic rings. The van der Waals surface area contributed by atoms with Crippen LogP contribution in [-0.4, -0.2) is 22.9 Å². The predicted octanol–water partition coefficient (Wildman–Crippen LogP) is 5.14. The van der Waals surface area contributed by atoms with Gasteiger partial charge in [0, 0.05) is 40.9 Å². The number of amides is 2. The summed E-state index contributed by atoms with van der Waals surface area (Å²) in [5.74, 6) is -0.152. The molecule has 154 valence electrons. The quantitative estimate of drug-likeness (QED) is 0.658. The second kappa shape index (κ2) is 7.82. The van der Waals surface area contributed by atoms with E-state index in [1.165, 1.54) is 5.56 Å². The maximum Gasteiger partial charge on any atom is 0.258 e. The van der Waals surface area contributed by atoms with Gasteiger partial charge in [0.15, 0.2) is 0 Å². The molecule has 1 aliphatic rings. The Hall–Kier alpha value is -3.34. The minimum Gasteiger partial charge on any atom is -0.346 e. The number of hydrogen-bond donors (Lipinski definition) is 1. The first kappa shape index (κ1) is 20.0. The summed E-state index contributed by atoms with van der Waals surface area (Å²) in [4.78, 5) is 27.6. The smallest absolute Gasteiger partial charge is 0.258 e. The highest BCUT2D eigenvalue weighted by atomic mass is 16.2. The van der Waals surface area contributed by atoms with Crippen molar-refractivity contribution < 1.29 is 9.59 Å². The van der Waals surface area contributed by atoms with Crippen LogP contribution in [0, 0.1) is 13.8 Å². The van der Waals surface area contributed by atoms with Crippen molar-refractivity contribution in [2.24, 2.45) is 0 Å². The van der Waals surface area contributed by atoms with Gasteiger partial charge in [-0.1, -0.05) is 18.2 Å². The summed E-state index contributed by atoms with van der Waals surface area (Å²) in [5.41, 5.74) is 6.18. The standard InChI is InChI=1S/C25H27N3O2/c1-16(2)28-17(3)15-22(18(28)4)24(29)26-21-11-9-20(10-12-21)25(30)27-14-13-19-7-5-6-8-23(19)27/h5-12,15-16H,13-14H2,1-4H3,(H,26,29). The highest BCUT2D eigenvalue weighted by Gasteiger charge is 2.25. The van der Waals surface area contributed by atoms with Crippen molar-refractivity contribution in [3.05, 3.63) is 82.7 Å². The van der Waals surface area contributed by atoms with Gasteiger partial charge in [-0.05, 0) is 76.1 Å². The van der Waals surface area contributed by atoms with Crippen LogP contribution in [0.5, 0.6) is 0 Å². The average Bonchev–Trinajstić information content (AvgIpc) is 3.28. The molecule has 5 nitrogen and oxygen atoms in total. The van der Waals surface area contributed by atoms with Crippen LogP contribution in [0.1, 0.15) is 57.6 Å². The number of benzene rings is 2. The van der Waals surface area contributed by atoms with Gasteiger partial charge < -0.3 is 14.8 Å². The van der Waals surface area contributed by atoms with E-state index in [-0.39, 0.29) is 11.8 Å². The number of nitrogens with one attached hydrogen (secondary N) is 1. The lowest BCUT2D eigenvalue weighted by Crippen LogP contribution is -2.28. The van der Waals surface area contributed by atoms with Gasteiger partial charge in [-0.2, -0.15) is 0 Å². The number of hydrogen-bond acceptors (Lipinski definition) is 2. The van der Waals surface area contributed by atoms with E-state index in [9.17, 15) is 9.59 Å². The summed E-state index contributed by atoms with van der Waals surface area (Å²) in [6.07, 6.45) is 0.880. The zero-order valence-electron chi connectivity index (χ0n) is 17.9. The lowest BCUT2D eigenvalue weighted by Gasteiger charge is -2.17. The topological polar surface area (TPSA) is 54.3 Å². The number of carbonyl (C=O) groups is 2. The molecule has 4 rings (SSSR count). The monoisotopic (exact) mass is 401 g/mol. The number of nitrogens with zero attached hydrogens (tertiary/aromatic N) is 2. The maximum atomic E-state index is 12.9. The molecule has 0 aliphatic carbocycles. The Morgan fingerprint density at radius 2 is 1.70 bits per heavy atom. The van der Waals surface area contributed by atoms with Gasteiger partial charge >= 0.3 is 0 Å². The zero-order chi connectivity index (χ0) is 21.4. The van der Waals surface area contributed by atoms with E-state index < -0.39 is 0 Å². The first-order chi connectivity index (χ1) is 14.4. The lowest BCUT2D eigenvalue weighted by molar-refractivity contribution is 0.0988. The SMILES string of the molecule is Cc1cc(C(=O)Nc2ccc(C(=O)N3CCc4ccccc43)cc2)c(C)n1C(C)C. The molecule has 5 heteroatoms. The molecular formula is C25H27N3O2. The third-order valence-electron chi connectivity index (χ3n) is 5.77. The fourth-order valence-electron chi connectivity index (χ4n) is 4.40. The second-order valence-corrected chi connectivity index (χ2v) is 8.12. The Morgan fingerprint density at radius 3 is 2.37 bits per heavy atom. The first-order valence-electron chi connectivity index (χ1n) is 10.4. The Balaban J connectivity index is 1.49. The van der Waals surface area contributed by atoms with Crippen molar-refractivity contribution in [3.8, 4) is 0 Å². The summed E-state index contributed by atoms with van der Waals surface area (Å²) in [7, 11) is 0. The first-order valence-corrected chi connectivity index (χ1v) is 10.4. The molecule has 0 saturated carbocycles. The second-order valence-electron chi connectivity index (χ2n) is 8.12. The van der Waals surface area contributed by atoms with E-state index in [0.29, 0.717) is 29.4 Å². The van der Waals surface area contributed by atoms with Crippen molar-refractivity contribution in [1.29, 1.82) is 0 Å². The van der Waals surface area contributed by atoms with Gasteiger partial charge in [-0.3, -0.25) is 9.59 Å². The maximum absolute atomic E-state index is 12.9. The normalized spacial score (nSPS) is 12.9. The van der Waals surface area contributed by atoms with Gasteiger partial charge in [-0.25, -0.2) is 0 Å². The fraction of sp³-hybridized carbons (Fsp3) is 0.280. The highest BCUT2D eigenvalue weighted by Crippen LogP contribution is 2.29. The van der Waals surface area contributed by atoms with Crippen molar-refractivity contribution in [2.75, 3.05) is 16.8 Å². The summed E-state index contributed by atoms with van der Waals surface area (Å²) < 4.78 is 2.16. The van der Waals surface area contributed by atoms with Gasteiger partial charge in [0.25, 0.3) is 11.8 Å². The molecule has 1 N–H and O–H groups in total. The Labute approximate surface area is 177 Å². The minimum atomic E-state index is -0.137. The van der Waals surface area contributed by atoms with Crippen LogP contribution in [0.15, 0.2) is 54.6 Å². The molecular weight excluding hydrogens is 374 g/mol. The van der Waals surface area contributed by atoms with Crippen LogP contribution in [0.2, 0.25) is 0 Å². The number of anilines is 2. The van der Waals surface area contributed by atoms with Crippen molar-refractivity contribution in [3.63, 3.8) is 0 Å². The summed E-state index contributed by atoms with van der Waals surface area (Å²) >= 11 is 0. The zero-order valence-corrected chi connectivity index (χ0v) is 17.9. The minimum absolute atomic E-state index is 0.0155. The molecule has 0 unspecified atom stereocenters. The van der Waals surface area contributed by atoms with E-state index in [4.69, 9.17) is 0 Å². The Morgan fingerprint density at radius 1 is 1.00 bits per heavy atom. The lowest BCUT2D eigenvalue weighted by atomic mass is 10.1. The molecule has 30 heavy (non-hydrogen) atoms. The number of aromatic nitrogens is 1. The molecule has 0 spiro atoms. The summed E-state index contributed by atoms with van der Waals surface area (Å²) in [6.45, 7) is 8.90. The Bertz CT molecular complexity index is 1110. The van der Waals surface area contributed by atoms with Crippen molar-refractivity contribution in [2.45, 2.75) is 40.2 Å². The molecule has 0 bridgehead atoms. The van der Waals surface area contributed by atoms with Crippen LogP contribution in [0.25, 0.3) is 0 Å². The molecule has 1 aliphatic heterocycles. The predicted molar refractivity (Wildman–Crippen MR) is 121 cm³/mol. The van der Waals surface area contributed by atoms with Crippen molar-refractivity contribution in [1.82, 2.24) is 4.57 Å². The molecule has 2 heterocycles. The summed E-state index contributed by atoms with van der Waals surface area (Å²) in [5, 5.41) is 2.95. The Kier molecular flexibility index (Phi) is 5.20. The molecule has 2 amide bonds. The van der Waals surface area contributed by atoms with Crippen LogP contribution < -0.4 is 10.2 Å². The number of fused-ring (bicyclic) bond motifs is 1. The van der Waals surface area contributed by atoms with E-state index in [1.807, 2.05) is 43.0 Å². The van der Waals surface area contributed by atoms with Gasteiger partial charge in [0.05, 0.1) is 5.56 Å².